The van der Waals surface area contributed by atoms with Crippen molar-refractivity contribution in [1.29, 1.82) is 5.26 Å². The van der Waals surface area contributed by atoms with Gasteiger partial charge < -0.3 is 21.7 Å². The molecule has 1 atom stereocenters. The van der Waals surface area contributed by atoms with Crippen LogP contribution in [0.4, 0.5) is 0 Å². The van der Waals surface area contributed by atoms with Gasteiger partial charge in [-0.3, -0.25) is 14.4 Å². The summed E-state index contributed by atoms with van der Waals surface area (Å²) in [5.41, 5.74) is 13.9. The first-order valence-electron chi connectivity index (χ1n) is 11.9. The van der Waals surface area contributed by atoms with Gasteiger partial charge in [0, 0.05) is 17.7 Å². The van der Waals surface area contributed by atoms with E-state index < -0.39 is 17.2 Å². The number of hydrogen-bond donors (Lipinski definition) is 4. The lowest BCUT2D eigenvalue weighted by molar-refractivity contribution is -0.130. The number of likely N-dealkylation sites (tertiary alicyclic amines) is 1. The maximum absolute atomic E-state index is 12.7. The van der Waals surface area contributed by atoms with Gasteiger partial charge in [0.1, 0.15) is 6.04 Å². The minimum atomic E-state index is -0.886. The van der Waals surface area contributed by atoms with Gasteiger partial charge in [0.15, 0.2) is 5.82 Å². The van der Waals surface area contributed by atoms with Crippen molar-refractivity contribution >= 4 is 17.7 Å². The molecule has 2 heterocycles. The van der Waals surface area contributed by atoms with Gasteiger partial charge in [0.2, 0.25) is 17.7 Å². The van der Waals surface area contributed by atoms with Crippen LogP contribution in [0.1, 0.15) is 56.9 Å². The molecule has 12 nitrogen and oxygen atoms in total. The molecule has 1 saturated heterocycles. The third-order valence-electron chi connectivity index (χ3n) is 7.22. The molecule has 2 aliphatic rings. The molecular formula is C25H25N9O3. The van der Waals surface area contributed by atoms with Crippen LogP contribution in [0.25, 0.3) is 11.1 Å². The monoisotopic (exact) mass is 499 g/mol. The predicted octanol–water partition coefficient (Wildman–Crippen LogP) is 0.207. The number of fused-ring (bicyclic) bond motifs is 3. The van der Waals surface area contributed by atoms with Gasteiger partial charge in [0.05, 0.1) is 18.0 Å². The van der Waals surface area contributed by atoms with E-state index in [1.807, 2.05) is 12.1 Å². The molecule has 0 unspecified atom stereocenters. The highest BCUT2D eigenvalue weighted by molar-refractivity contribution is 5.98. The third-order valence-corrected chi connectivity index (χ3v) is 7.22. The molecule has 6 N–H and O–H groups in total. The van der Waals surface area contributed by atoms with Crippen molar-refractivity contribution in [2.75, 3.05) is 19.6 Å². The second kappa shape index (κ2) is 9.44. The Bertz CT molecular complexity index is 1360. The minimum absolute atomic E-state index is 0.0848. The number of carbonyl (C=O) groups is 3. The van der Waals surface area contributed by atoms with E-state index in [2.05, 4.69) is 32.0 Å². The molecular weight excluding hydrogens is 474 g/mol. The van der Waals surface area contributed by atoms with Crippen LogP contribution < -0.4 is 16.8 Å². The van der Waals surface area contributed by atoms with Crippen LogP contribution >= 0.6 is 0 Å². The van der Waals surface area contributed by atoms with Crippen LogP contribution in [0.15, 0.2) is 36.4 Å². The summed E-state index contributed by atoms with van der Waals surface area (Å²) in [6.45, 7) is 1.07. The average Bonchev–Trinajstić information content (AvgIpc) is 3.65. The standard InChI is InChI=1S/C25H25N9O3/c26-12-16-2-1-9-34(16)21(35)13-29-8-7-25(24-30-32-33-31-24)19-5-3-14(22(27)36)10-17(19)18-11-15(23(28)37)4-6-20(18)25/h3-6,10-11,16,29H,1-2,7-9,13H2,(H2,27,36)(H2,28,37)(H,30,31,32,33)/t16-/m0/s1. The number of carbonyl (C=O) groups excluding carboxylic acids is 3. The maximum Gasteiger partial charge on any atom is 0.248 e. The average molecular weight is 500 g/mol. The highest BCUT2D eigenvalue weighted by Gasteiger charge is 2.48. The third kappa shape index (κ3) is 3.99. The second-order valence-electron chi connectivity index (χ2n) is 9.19. The van der Waals surface area contributed by atoms with Gasteiger partial charge in [-0.2, -0.15) is 10.5 Å². The van der Waals surface area contributed by atoms with E-state index in [4.69, 9.17) is 11.5 Å². The van der Waals surface area contributed by atoms with E-state index in [9.17, 15) is 19.6 Å². The number of aromatic nitrogens is 4. The molecule has 0 saturated carbocycles. The Morgan fingerprint density at radius 1 is 1.11 bits per heavy atom. The summed E-state index contributed by atoms with van der Waals surface area (Å²) in [5, 5.41) is 27.4. The summed E-state index contributed by atoms with van der Waals surface area (Å²) >= 11 is 0. The fourth-order valence-electron chi connectivity index (χ4n) is 5.47. The van der Waals surface area contributed by atoms with E-state index in [0.29, 0.717) is 54.0 Å². The van der Waals surface area contributed by atoms with Crippen LogP contribution in [0.2, 0.25) is 0 Å². The first-order chi connectivity index (χ1) is 17.9. The van der Waals surface area contributed by atoms with Crippen molar-refractivity contribution in [3.8, 4) is 17.2 Å². The summed E-state index contributed by atoms with van der Waals surface area (Å²) < 4.78 is 0. The summed E-state index contributed by atoms with van der Waals surface area (Å²) in [6, 6.07) is 12.1. The van der Waals surface area contributed by atoms with Gasteiger partial charge in [-0.25, -0.2) is 0 Å². The maximum atomic E-state index is 12.7. The zero-order chi connectivity index (χ0) is 26.2. The predicted molar refractivity (Wildman–Crippen MR) is 131 cm³/mol. The summed E-state index contributed by atoms with van der Waals surface area (Å²) in [4.78, 5) is 38.2. The van der Waals surface area contributed by atoms with Crippen LogP contribution in [-0.2, 0) is 10.2 Å². The zero-order valence-electron chi connectivity index (χ0n) is 19.9. The molecule has 1 fully saturated rings. The second-order valence-corrected chi connectivity index (χ2v) is 9.19. The largest absolute Gasteiger partial charge is 0.366 e. The molecule has 188 valence electrons. The Morgan fingerprint density at radius 3 is 2.30 bits per heavy atom. The lowest BCUT2D eigenvalue weighted by atomic mass is 9.74. The van der Waals surface area contributed by atoms with Crippen molar-refractivity contribution in [2.45, 2.75) is 30.7 Å². The van der Waals surface area contributed by atoms with E-state index in [-0.39, 0.29) is 18.5 Å². The first-order valence-corrected chi connectivity index (χ1v) is 11.9. The van der Waals surface area contributed by atoms with Crippen LogP contribution in [-0.4, -0.2) is 68.9 Å². The molecule has 0 spiro atoms. The zero-order valence-corrected chi connectivity index (χ0v) is 19.9. The van der Waals surface area contributed by atoms with Crippen LogP contribution in [0, 0.1) is 11.3 Å². The summed E-state index contributed by atoms with van der Waals surface area (Å²) in [7, 11) is 0. The van der Waals surface area contributed by atoms with Crippen molar-refractivity contribution in [2.24, 2.45) is 11.5 Å². The smallest absolute Gasteiger partial charge is 0.248 e. The van der Waals surface area contributed by atoms with E-state index in [0.717, 1.165) is 17.5 Å². The minimum Gasteiger partial charge on any atom is -0.366 e. The fourth-order valence-corrected chi connectivity index (χ4v) is 5.47. The van der Waals surface area contributed by atoms with E-state index in [1.165, 1.54) is 0 Å². The van der Waals surface area contributed by atoms with Gasteiger partial charge in [-0.1, -0.05) is 17.3 Å². The number of nitrogens with one attached hydrogen (secondary N) is 2. The number of H-pyrrole nitrogens is 1. The highest BCUT2D eigenvalue weighted by Crippen LogP contribution is 2.53. The normalized spacial score (nSPS) is 17.2. The molecule has 0 bridgehead atoms. The number of nitriles is 1. The topological polar surface area (TPSA) is 197 Å². The summed E-state index contributed by atoms with van der Waals surface area (Å²) in [6.07, 6.45) is 1.95. The number of primary amides is 2. The van der Waals surface area contributed by atoms with Gasteiger partial charge in [-0.15, -0.1) is 10.2 Å². The van der Waals surface area contributed by atoms with Gasteiger partial charge in [-0.05, 0) is 72.3 Å². The Morgan fingerprint density at radius 2 is 1.76 bits per heavy atom. The lowest BCUT2D eigenvalue weighted by Gasteiger charge is -2.29. The molecule has 1 aliphatic carbocycles. The number of benzene rings is 2. The van der Waals surface area contributed by atoms with Crippen molar-refractivity contribution < 1.29 is 14.4 Å². The molecule has 1 aromatic heterocycles. The fraction of sp³-hybridized carbons (Fsp3) is 0.320. The molecule has 0 radical (unpaired) electrons. The number of nitrogens with zero attached hydrogens (tertiary/aromatic N) is 5. The molecule has 1 aliphatic heterocycles. The molecule has 3 amide bonds. The van der Waals surface area contributed by atoms with Crippen molar-refractivity contribution in [1.82, 2.24) is 30.8 Å². The Kier molecular flexibility index (Phi) is 6.14. The van der Waals surface area contributed by atoms with E-state index in [1.54, 1.807) is 29.2 Å². The highest BCUT2D eigenvalue weighted by atomic mass is 16.2. The lowest BCUT2D eigenvalue weighted by Crippen LogP contribution is -2.42. The van der Waals surface area contributed by atoms with Gasteiger partial charge in [0.25, 0.3) is 0 Å². The Hall–Kier alpha value is -4.63. The molecule has 3 aromatic rings. The number of nitrogens with two attached hydrogens (primary N) is 2. The first kappa shape index (κ1) is 24.1. The summed E-state index contributed by atoms with van der Waals surface area (Å²) in [5.74, 6) is -0.874. The van der Waals surface area contributed by atoms with Gasteiger partial charge >= 0.3 is 0 Å². The van der Waals surface area contributed by atoms with Crippen molar-refractivity contribution in [3.63, 3.8) is 0 Å². The SMILES string of the molecule is N#C[C@@H]1CCCN1C(=O)CNCCC1(c2nn[nH]n2)c2ccc(C(N)=O)cc2-c2cc(C(N)=O)ccc21. The number of amides is 3. The number of tetrazole rings is 1. The molecule has 12 heteroatoms. The Labute approximate surface area is 212 Å². The number of aromatic amines is 1. The molecule has 37 heavy (non-hydrogen) atoms. The Balaban J connectivity index is 1.51. The van der Waals surface area contributed by atoms with Crippen molar-refractivity contribution in [3.05, 3.63) is 64.5 Å². The van der Waals surface area contributed by atoms with Crippen LogP contribution in [0.5, 0.6) is 0 Å². The number of hydrogen-bond acceptors (Lipinski definition) is 8. The molecule has 2 aromatic carbocycles. The molecule has 5 rings (SSSR count). The number of rotatable bonds is 8. The quantitative estimate of drug-likeness (QED) is 0.315. The van der Waals surface area contributed by atoms with Crippen LogP contribution in [0.3, 0.4) is 0 Å². The van der Waals surface area contributed by atoms with E-state index >= 15 is 0 Å².